The minimum absolute atomic E-state index is 0.670. The molecule has 2 rings (SSSR count). The number of aliphatic imine (C=N–C) groups is 1. The highest BCUT2D eigenvalue weighted by Crippen LogP contribution is 2.22. The van der Waals surface area contributed by atoms with Crippen LogP contribution in [0.1, 0.15) is 36.5 Å². The van der Waals surface area contributed by atoms with Crippen LogP contribution >= 0.6 is 0 Å². The number of rotatable bonds is 8. The molecule has 4 heteroatoms. The molecule has 4 nitrogen and oxygen atoms in total. The summed E-state index contributed by atoms with van der Waals surface area (Å²) in [7, 11) is 0. The fourth-order valence-electron chi connectivity index (χ4n) is 2.40. The molecule has 0 saturated carbocycles. The zero-order valence-corrected chi connectivity index (χ0v) is 14.2. The van der Waals surface area contributed by atoms with Gasteiger partial charge >= 0.3 is 0 Å². The molecule has 0 atom stereocenters. The summed E-state index contributed by atoms with van der Waals surface area (Å²) >= 11 is 0. The van der Waals surface area contributed by atoms with Crippen molar-refractivity contribution >= 4 is 18.0 Å². The largest absolute Gasteiger partial charge is 0.307 e. The van der Waals surface area contributed by atoms with Crippen molar-refractivity contribution in [3.63, 3.8) is 0 Å². The summed E-state index contributed by atoms with van der Waals surface area (Å²) < 4.78 is 0. The van der Waals surface area contributed by atoms with E-state index in [0.29, 0.717) is 6.54 Å². The molecule has 124 valence electrons. The molecule has 0 radical (unpaired) electrons. The van der Waals surface area contributed by atoms with Crippen molar-refractivity contribution in [3.8, 4) is 0 Å². The number of aromatic nitrogens is 1. The number of fused-ring (bicyclic) bond motifs is 1. The normalized spacial score (nSPS) is 14.6. The first kappa shape index (κ1) is 17.6. The van der Waals surface area contributed by atoms with Crippen LogP contribution in [-0.2, 0) is 6.42 Å². The third-order valence-corrected chi connectivity index (χ3v) is 3.51. The number of hydrogen-bond donors (Lipinski definition) is 1. The maximum Gasteiger partial charge on any atom is 0.0720 e. The van der Waals surface area contributed by atoms with Crippen LogP contribution in [0.4, 0.5) is 0 Å². The van der Waals surface area contributed by atoms with Gasteiger partial charge in [0, 0.05) is 36.8 Å². The predicted molar refractivity (Wildman–Crippen MR) is 103 cm³/mol. The van der Waals surface area contributed by atoms with Crippen LogP contribution in [0.25, 0.3) is 6.08 Å². The summed E-state index contributed by atoms with van der Waals surface area (Å²) in [4.78, 5) is 8.98. The van der Waals surface area contributed by atoms with Gasteiger partial charge in [0.05, 0.1) is 12.3 Å². The molecule has 1 aliphatic carbocycles. The number of pyridine rings is 1. The van der Waals surface area contributed by atoms with Crippen molar-refractivity contribution in [1.82, 2.24) is 10.4 Å². The van der Waals surface area contributed by atoms with Gasteiger partial charge in [-0.15, -0.1) is 6.58 Å². The van der Waals surface area contributed by atoms with E-state index < -0.39 is 0 Å². The molecule has 1 heterocycles. The van der Waals surface area contributed by atoms with Gasteiger partial charge in [0.2, 0.25) is 0 Å². The van der Waals surface area contributed by atoms with Crippen molar-refractivity contribution < 1.29 is 0 Å². The van der Waals surface area contributed by atoms with E-state index in [2.05, 4.69) is 39.2 Å². The summed E-state index contributed by atoms with van der Waals surface area (Å²) in [6, 6.07) is 0. The van der Waals surface area contributed by atoms with Crippen molar-refractivity contribution in [1.29, 1.82) is 0 Å². The van der Waals surface area contributed by atoms with Crippen LogP contribution in [0.5, 0.6) is 0 Å². The van der Waals surface area contributed by atoms with Gasteiger partial charge in [0.25, 0.3) is 0 Å². The lowest BCUT2D eigenvalue weighted by atomic mass is 9.93. The van der Waals surface area contributed by atoms with Crippen molar-refractivity contribution in [2.45, 2.75) is 26.2 Å². The second-order valence-electron chi connectivity index (χ2n) is 5.30. The lowest BCUT2D eigenvalue weighted by Gasteiger charge is -2.14. The highest BCUT2D eigenvalue weighted by Gasteiger charge is 2.12. The molecule has 0 bridgehead atoms. The smallest absolute Gasteiger partial charge is 0.0720 e. The van der Waals surface area contributed by atoms with Gasteiger partial charge in [-0.3, -0.25) is 9.98 Å². The van der Waals surface area contributed by atoms with Crippen LogP contribution in [-0.4, -0.2) is 23.5 Å². The van der Waals surface area contributed by atoms with Crippen LogP contribution < -0.4 is 5.43 Å². The lowest BCUT2D eigenvalue weighted by Crippen LogP contribution is -2.06. The van der Waals surface area contributed by atoms with E-state index in [1.165, 1.54) is 11.1 Å². The fraction of sp³-hybridized carbons (Fsp3) is 0.250. The Bertz CT molecular complexity index is 694. The molecule has 0 fully saturated rings. The molecular formula is C20H24N4. The van der Waals surface area contributed by atoms with Gasteiger partial charge in [0.1, 0.15) is 0 Å². The number of nitrogens with zero attached hydrogens (tertiary/aromatic N) is 3. The second-order valence-corrected chi connectivity index (χ2v) is 5.30. The van der Waals surface area contributed by atoms with E-state index in [4.69, 9.17) is 0 Å². The molecule has 0 aromatic carbocycles. The number of hydrazone groups is 1. The second kappa shape index (κ2) is 10.1. The molecule has 0 amide bonds. The van der Waals surface area contributed by atoms with Crippen molar-refractivity contribution in [2.75, 3.05) is 6.54 Å². The Hall–Kier alpha value is -2.75. The highest BCUT2D eigenvalue weighted by atomic mass is 15.3. The van der Waals surface area contributed by atoms with E-state index in [0.717, 1.165) is 30.5 Å². The Morgan fingerprint density at radius 1 is 1.42 bits per heavy atom. The van der Waals surface area contributed by atoms with Gasteiger partial charge in [-0.05, 0) is 37.0 Å². The minimum atomic E-state index is 0.670. The van der Waals surface area contributed by atoms with Gasteiger partial charge in [0.15, 0.2) is 0 Å². The average Bonchev–Trinajstić information content (AvgIpc) is 2.62. The number of nitrogens with one attached hydrogen (secondary N) is 1. The van der Waals surface area contributed by atoms with Crippen LogP contribution in [0.2, 0.25) is 0 Å². The Kier molecular flexibility index (Phi) is 7.41. The Morgan fingerprint density at radius 2 is 2.33 bits per heavy atom. The SMILES string of the molecule is C=CCN/N=C\C/C=C/N=C(/C=C/C)c1cncc2c1C=CCC2. The molecular weight excluding hydrogens is 296 g/mol. The molecule has 1 aromatic rings. The molecule has 0 unspecified atom stereocenters. The first-order valence-electron chi connectivity index (χ1n) is 8.21. The van der Waals surface area contributed by atoms with Crippen LogP contribution in [0.15, 0.2) is 65.6 Å². The first-order valence-corrected chi connectivity index (χ1v) is 8.21. The Labute approximate surface area is 144 Å². The standard InChI is InChI=1S/C20H24N4/c1-3-9-20(22-13-7-8-14-24-23-12-4-2)19-16-21-15-17-10-5-6-11-18(17)19/h3-4,6-7,9,11,13-16,23H,2,5,8,10,12H2,1H3/b9-3+,13-7+,22-20-,24-14-. The van der Waals surface area contributed by atoms with Crippen molar-refractivity contribution in [3.05, 3.63) is 72.2 Å². The minimum Gasteiger partial charge on any atom is -0.307 e. The topological polar surface area (TPSA) is 49.6 Å². The summed E-state index contributed by atoms with van der Waals surface area (Å²) in [5, 5.41) is 4.05. The molecule has 1 aromatic heterocycles. The van der Waals surface area contributed by atoms with Gasteiger partial charge in [-0.1, -0.05) is 30.4 Å². The van der Waals surface area contributed by atoms with E-state index in [-0.39, 0.29) is 0 Å². The molecule has 0 saturated heterocycles. The number of aryl methyl sites for hydroxylation is 1. The van der Waals surface area contributed by atoms with E-state index in [1.54, 1.807) is 12.3 Å². The predicted octanol–water partition coefficient (Wildman–Crippen LogP) is 4.07. The van der Waals surface area contributed by atoms with Gasteiger partial charge in [-0.25, -0.2) is 0 Å². The number of allylic oxidation sites excluding steroid dienone is 4. The third-order valence-electron chi connectivity index (χ3n) is 3.51. The summed E-state index contributed by atoms with van der Waals surface area (Å²) in [6.45, 7) is 6.29. The monoisotopic (exact) mass is 320 g/mol. The summed E-state index contributed by atoms with van der Waals surface area (Å²) in [5.41, 5.74) is 7.39. The Balaban J connectivity index is 2.11. The van der Waals surface area contributed by atoms with E-state index >= 15 is 0 Å². The molecule has 1 N–H and O–H groups in total. The quantitative estimate of drug-likeness (QED) is 0.340. The van der Waals surface area contributed by atoms with E-state index in [9.17, 15) is 0 Å². The molecule has 0 spiro atoms. The zero-order valence-electron chi connectivity index (χ0n) is 14.2. The van der Waals surface area contributed by atoms with Gasteiger partial charge < -0.3 is 5.43 Å². The van der Waals surface area contributed by atoms with Crippen molar-refractivity contribution in [2.24, 2.45) is 10.1 Å². The maximum absolute atomic E-state index is 4.60. The van der Waals surface area contributed by atoms with E-state index in [1.807, 2.05) is 43.7 Å². The average molecular weight is 320 g/mol. The van der Waals surface area contributed by atoms with Crippen LogP contribution in [0.3, 0.4) is 0 Å². The summed E-state index contributed by atoms with van der Waals surface area (Å²) in [5.74, 6) is 0. The van der Waals surface area contributed by atoms with Crippen LogP contribution in [0, 0.1) is 0 Å². The fourth-order valence-corrected chi connectivity index (χ4v) is 2.40. The third kappa shape index (κ3) is 5.16. The van der Waals surface area contributed by atoms with Gasteiger partial charge in [-0.2, -0.15) is 5.10 Å². The first-order chi connectivity index (χ1) is 11.9. The zero-order chi connectivity index (χ0) is 17.0. The highest BCUT2D eigenvalue weighted by molar-refractivity contribution is 6.11. The lowest BCUT2D eigenvalue weighted by molar-refractivity contribution is 0.829. The maximum atomic E-state index is 4.60. The molecule has 24 heavy (non-hydrogen) atoms. The number of hydrogen-bond acceptors (Lipinski definition) is 4. The Morgan fingerprint density at radius 3 is 3.17 bits per heavy atom. The summed E-state index contributed by atoms with van der Waals surface area (Å²) in [6.07, 6.45) is 22.5. The molecule has 0 aliphatic heterocycles. The molecule has 1 aliphatic rings.